The standard InChI is InChI=1S/C11H14N2O2/c1-12-6-11-4-9(5-13-8-15)2-3-10(11)7-14/h2-4,7-8,12H,5-6H2,1H3,(H,13,15). The first-order chi connectivity index (χ1) is 7.31. The van der Waals surface area contributed by atoms with Crippen molar-refractivity contribution in [3.63, 3.8) is 0 Å². The van der Waals surface area contributed by atoms with E-state index in [0.29, 0.717) is 25.1 Å². The maximum absolute atomic E-state index is 10.7. The van der Waals surface area contributed by atoms with Gasteiger partial charge in [0.1, 0.15) is 6.29 Å². The predicted molar refractivity (Wildman–Crippen MR) is 57.5 cm³/mol. The third-order valence-corrected chi connectivity index (χ3v) is 2.09. The van der Waals surface area contributed by atoms with E-state index in [0.717, 1.165) is 17.4 Å². The summed E-state index contributed by atoms with van der Waals surface area (Å²) in [7, 11) is 1.82. The fourth-order valence-corrected chi connectivity index (χ4v) is 1.39. The molecule has 1 aromatic carbocycles. The molecule has 0 heterocycles. The van der Waals surface area contributed by atoms with Crippen LogP contribution in [0.15, 0.2) is 18.2 Å². The molecule has 1 rings (SSSR count). The minimum atomic E-state index is 0.485. The molecule has 0 saturated heterocycles. The van der Waals surface area contributed by atoms with Crippen LogP contribution in [0.25, 0.3) is 0 Å². The van der Waals surface area contributed by atoms with Crippen LogP contribution < -0.4 is 10.6 Å². The maximum atomic E-state index is 10.7. The van der Waals surface area contributed by atoms with Gasteiger partial charge in [0.2, 0.25) is 6.41 Å². The molecule has 0 aliphatic heterocycles. The summed E-state index contributed by atoms with van der Waals surface area (Å²) in [5.74, 6) is 0. The molecule has 80 valence electrons. The van der Waals surface area contributed by atoms with Crippen molar-refractivity contribution < 1.29 is 9.59 Å². The number of hydrogen-bond acceptors (Lipinski definition) is 3. The minimum absolute atomic E-state index is 0.485. The average Bonchev–Trinajstić information content (AvgIpc) is 2.27. The van der Waals surface area contributed by atoms with Gasteiger partial charge in [-0.25, -0.2) is 0 Å². The Hall–Kier alpha value is -1.68. The van der Waals surface area contributed by atoms with E-state index in [1.165, 1.54) is 0 Å². The highest BCUT2D eigenvalue weighted by atomic mass is 16.1. The molecule has 0 bridgehead atoms. The molecule has 0 radical (unpaired) electrons. The Morgan fingerprint density at radius 1 is 1.27 bits per heavy atom. The van der Waals surface area contributed by atoms with E-state index in [4.69, 9.17) is 0 Å². The van der Waals surface area contributed by atoms with E-state index in [1.807, 2.05) is 19.2 Å². The number of amides is 1. The second kappa shape index (κ2) is 5.93. The Bertz CT molecular complexity index is 350. The Kier molecular flexibility index (Phi) is 4.50. The number of nitrogens with one attached hydrogen (secondary N) is 2. The van der Waals surface area contributed by atoms with E-state index >= 15 is 0 Å². The van der Waals surface area contributed by atoms with Gasteiger partial charge in [-0.1, -0.05) is 18.2 Å². The zero-order valence-corrected chi connectivity index (χ0v) is 8.62. The van der Waals surface area contributed by atoms with Crippen LogP contribution in [0.2, 0.25) is 0 Å². The first-order valence-electron chi connectivity index (χ1n) is 4.70. The summed E-state index contributed by atoms with van der Waals surface area (Å²) in [6.07, 6.45) is 1.50. The number of benzene rings is 1. The van der Waals surface area contributed by atoms with Gasteiger partial charge in [0.25, 0.3) is 0 Å². The zero-order valence-electron chi connectivity index (χ0n) is 8.62. The lowest BCUT2D eigenvalue weighted by atomic mass is 10.0. The van der Waals surface area contributed by atoms with Crippen molar-refractivity contribution in [1.29, 1.82) is 0 Å². The molecule has 0 aliphatic carbocycles. The summed E-state index contributed by atoms with van der Waals surface area (Å²) in [4.78, 5) is 20.9. The van der Waals surface area contributed by atoms with Crippen LogP contribution in [-0.2, 0) is 17.9 Å². The quantitative estimate of drug-likeness (QED) is 0.665. The average molecular weight is 206 g/mol. The summed E-state index contributed by atoms with van der Waals surface area (Å²) < 4.78 is 0. The molecule has 0 fully saturated rings. The number of carbonyl (C=O) groups is 2. The van der Waals surface area contributed by atoms with Gasteiger partial charge in [0.05, 0.1) is 0 Å². The maximum Gasteiger partial charge on any atom is 0.207 e. The van der Waals surface area contributed by atoms with Crippen molar-refractivity contribution in [1.82, 2.24) is 10.6 Å². The van der Waals surface area contributed by atoms with Crippen LogP contribution in [0, 0.1) is 0 Å². The normalized spacial score (nSPS) is 9.67. The van der Waals surface area contributed by atoms with Gasteiger partial charge in [0.15, 0.2) is 0 Å². The molecular formula is C11H14N2O2. The topological polar surface area (TPSA) is 58.2 Å². The Morgan fingerprint density at radius 2 is 2.07 bits per heavy atom. The van der Waals surface area contributed by atoms with Gasteiger partial charge in [-0.05, 0) is 18.2 Å². The molecule has 0 saturated carbocycles. The molecule has 4 nitrogen and oxygen atoms in total. The van der Waals surface area contributed by atoms with E-state index in [2.05, 4.69) is 10.6 Å². The van der Waals surface area contributed by atoms with Gasteiger partial charge in [-0.15, -0.1) is 0 Å². The van der Waals surface area contributed by atoms with Crippen LogP contribution in [0.4, 0.5) is 0 Å². The minimum Gasteiger partial charge on any atom is -0.355 e. The molecule has 1 amide bonds. The highest BCUT2D eigenvalue weighted by molar-refractivity contribution is 5.77. The largest absolute Gasteiger partial charge is 0.355 e. The van der Waals surface area contributed by atoms with Crippen molar-refractivity contribution in [3.05, 3.63) is 34.9 Å². The van der Waals surface area contributed by atoms with E-state index in [-0.39, 0.29) is 0 Å². The first-order valence-corrected chi connectivity index (χ1v) is 4.70. The van der Waals surface area contributed by atoms with Crippen LogP contribution in [0.1, 0.15) is 21.5 Å². The molecule has 0 spiro atoms. The summed E-state index contributed by atoms with van der Waals surface area (Å²) in [5.41, 5.74) is 2.61. The fraction of sp³-hybridized carbons (Fsp3) is 0.273. The number of carbonyl (C=O) groups excluding carboxylic acids is 2. The van der Waals surface area contributed by atoms with Crippen LogP contribution in [0.3, 0.4) is 0 Å². The van der Waals surface area contributed by atoms with E-state index < -0.39 is 0 Å². The van der Waals surface area contributed by atoms with Gasteiger partial charge in [0, 0.05) is 18.7 Å². The van der Waals surface area contributed by atoms with Crippen molar-refractivity contribution in [2.24, 2.45) is 0 Å². The molecule has 2 N–H and O–H groups in total. The van der Waals surface area contributed by atoms with Crippen molar-refractivity contribution in [2.45, 2.75) is 13.1 Å². The molecule has 0 atom stereocenters. The lowest BCUT2D eigenvalue weighted by Crippen LogP contribution is -2.12. The highest BCUT2D eigenvalue weighted by Crippen LogP contribution is 2.10. The van der Waals surface area contributed by atoms with Crippen LogP contribution >= 0.6 is 0 Å². The fourth-order valence-electron chi connectivity index (χ4n) is 1.39. The monoisotopic (exact) mass is 206 g/mol. The summed E-state index contributed by atoms with van der Waals surface area (Å²) >= 11 is 0. The van der Waals surface area contributed by atoms with Gasteiger partial charge >= 0.3 is 0 Å². The van der Waals surface area contributed by atoms with Gasteiger partial charge in [-0.3, -0.25) is 9.59 Å². The van der Waals surface area contributed by atoms with Gasteiger partial charge in [-0.2, -0.15) is 0 Å². The number of rotatable bonds is 6. The van der Waals surface area contributed by atoms with Crippen molar-refractivity contribution in [3.8, 4) is 0 Å². The number of hydrogen-bond donors (Lipinski definition) is 2. The Labute approximate surface area is 88.7 Å². The van der Waals surface area contributed by atoms with Crippen molar-refractivity contribution in [2.75, 3.05) is 7.05 Å². The first kappa shape index (κ1) is 11.4. The molecule has 0 aromatic heterocycles. The van der Waals surface area contributed by atoms with Crippen molar-refractivity contribution >= 4 is 12.7 Å². The second-order valence-corrected chi connectivity index (χ2v) is 3.18. The molecule has 0 unspecified atom stereocenters. The molecule has 1 aromatic rings. The number of aldehydes is 1. The molecule has 15 heavy (non-hydrogen) atoms. The van der Waals surface area contributed by atoms with E-state index in [9.17, 15) is 9.59 Å². The van der Waals surface area contributed by atoms with E-state index in [1.54, 1.807) is 6.07 Å². The third kappa shape index (κ3) is 3.18. The second-order valence-electron chi connectivity index (χ2n) is 3.18. The van der Waals surface area contributed by atoms with Crippen LogP contribution in [-0.4, -0.2) is 19.7 Å². The van der Waals surface area contributed by atoms with Crippen LogP contribution in [0.5, 0.6) is 0 Å². The van der Waals surface area contributed by atoms with Gasteiger partial charge < -0.3 is 10.6 Å². The molecule has 0 aliphatic rings. The Morgan fingerprint density at radius 3 is 2.67 bits per heavy atom. The summed E-state index contributed by atoms with van der Waals surface area (Å²) in [5, 5.41) is 5.58. The lowest BCUT2D eigenvalue weighted by molar-refractivity contribution is -0.109. The SMILES string of the molecule is CNCc1cc(CNC=O)ccc1C=O. The molecular weight excluding hydrogens is 192 g/mol. The third-order valence-electron chi connectivity index (χ3n) is 2.09. The summed E-state index contributed by atoms with van der Waals surface area (Å²) in [6.45, 7) is 1.13. The lowest BCUT2D eigenvalue weighted by Gasteiger charge is -2.07. The smallest absolute Gasteiger partial charge is 0.207 e. The highest BCUT2D eigenvalue weighted by Gasteiger charge is 2.02. The molecule has 4 heteroatoms. The summed E-state index contributed by atoms with van der Waals surface area (Å²) in [6, 6.07) is 5.51. The Balaban J connectivity index is 2.88. The zero-order chi connectivity index (χ0) is 11.1. The predicted octanol–water partition coefficient (Wildman–Crippen LogP) is 0.464.